The number of anilines is 1. The minimum Gasteiger partial charge on any atom is -0.475 e. The highest BCUT2D eigenvalue weighted by atomic mass is 32.1. The molecule has 0 unspecified atom stereocenters. The molecule has 2 rings (SSSR count). The molecule has 0 saturated heterocycles. The summed E-state index contributed by atoms with van der Waals surface area (Å²) in [5, 5.41) is 5.39. The Labute approximate surface area is 124 Å². The molecule has 108 valence electrons. The number of nitrogens with zero attached hydrogens (tertiary/aromatic N) is 2. The molecule has 0 fully saturated rings. The number of thiophene rings is 1. The fourth-order valence-electron chi connectivity index (χ4n) is 1.79. The Morgan fingerprint density at radius 3 is 2.80 bits per heavy atom. The normalized spacial score (nSPS) is 11.7. The molecule has 0 aliphatic heterocycles. The van der Waals surface area contributed by atoms with Gasteiger partial charge in [0, 0.05) is 29.1 Å². The highest BCUT2D eigenvalue weighted by molar-refractivity contribution is 7.10. The Bertz CT molecular complexity index is 538. The van der Waals surface area contributed by atoms with E-state index in [1.165, 1.54) is 4.88 Å². The molecule has 0 amide bonds. The molecular formula is C15H21N3OS. The lowest BCUT2D eigenvalue weighted by molar-refractivity contribution is 0.232. The smallest absolute Gasteiger partial charge is 0.225 e. The van der Waals surface area contributed by atoms with Crippen LogP contribution in [0.5, 0.6) is 5.88 Å². The quantitative estimate of drug-likeness (QED) is 0.881. The third-order valence-corrected chi connectivity index (χ3v) is 4.10. The Kier molecular flexibility index (Phi) is 4.60. The van der Waals surface area contributed by atoms with Crippen molar-refractivity contribution >= 4 is 17.3 Å². The third-order valence-electron chi connectivity index (χ3n) is 2.86. The molecule has 0 saturated carbocycles. The van der Waals surface area contributed by atoms with Crippen molar-refractivity contribution in [2.45, 2.75) is 39.2 Å². The number of ether oxygens (including phenoxy) is 1. The Morgan fingerprint density at radius 2 is 2.15 bits per heavy atom. The van der Waals surface area contributed by atoms with E-state index in [0.29, 0.717) is 11.8 Å². The summed E-state index contributed by atoms with van der Waals surface area (Å²) in [4.78, 5) is 9.94. The minimum absolute atomic E-state index is 0.0481. The van der Waals surface area contributed by atoms with Crippen molar-refractivity contribution in [1.29, 1.82) is 0 Å². The summed E-state index contributed by atoms with van der Waals surface area (Å²) in [5.41, 5.74) is 0.0481. The van der Waals surface area contributed by atoms with E-state index in [-0.39, 0.29) is 11.5 Å². The molecule has 0 aliphatic rings. The molecule has 4 nitrogen and oxygen atoms in total. The first-order valence-corrected chi connectivity index (χ1v) is 7.63. The van der Waals surface area contributed by atoms with Gasteiger partial charge in [0.15, 0.2) is 0 Å². The van der Waals surface area contributed by atoms with E-state index in [0.717, 1.165) is 6.54 Å². The summed E-state index contributed by atoms with van der Waals surface area (Å²) < 4.78 is 5.57. The number of hydrogen-bond donors (Lipinski definition) is 1. The van der Waals surface area contributed by atoms with Crippen molar-refractivity contribution in [2.75, 3.05) is 11.9 Å². The van der Waals surface area contributed by atoms with E-state index in [2.05, 4.69) is 46.6 Å². The van der Waals surface area contributed by atoms with Gasteiger partial charge in [0.1, 0.15) is 0 Å². The van der Waals surface area contributed by atoms with Crippen LogP contribution in [0.25, 0.3) is 0 Å². The molecule has 0 aromatic carbocycles. The fraction of sp³-hybridized carbons (Fsp3) is 0.467. The van der Waals surface area contributed by atoms with Crippen LogP contribution in [0, 0.1) is 0 Å². The van der Waals surface area contributed by atoms with Gasteiger partial charge in [0.25, 0.3) is 0 Å². The van der Waals surface area contributed by atoms with E-state index in [1.807, 2.05) is 13.8 Å². The average molecular weight is 291 g/mol. The van der Waals surface area contributed by atoms with Crippen LogP contribution in [0.4, 0.5) is 5.95 Å². The van der Waals surface area contributed by atoms with Gasteiger partial charge in [-0.15, -0.1) is 11.3 Å². The van der Waals surface area contributed by atoms with Crippen LogP contribution in [0.1, 0.15) is 32.6 Å². The zero-order chi connectivity index (χ0) is 14.6. The van der Waals surface area contributed by atoms with Gasteiger partial charge in [-0.25, -0.2) is 4.98 Å². The lowest BCUT2D eigenvalue weighted by Gasteiger charge is -2.23. The van der Waals surface area contributed by atoms with Gasteiger partial charge in [0.05, 0.1) is 6.10 Å². The van der Waals surface area contributed by atoms with Crippen molar-refractivity contribution < 1.29 is 4.74 Å². The van der Waals surface area contributed by atoms with E-state index in [9.17, 15) is 0 Å². The van der Waals surface area contributed by atoms with Gasteiger partial charge in [-0.1, -0.05) is 19.9 Å². The molecule has 2 aromatic heterocycles. The van der Waals surface area contributed by atoms with Crippen LogP contribution in [0.15, 0.2) is 29.8 Å². The topological polar surface area (TPSA) is 47.0 Å². The molecule has 2 heterocycles. The van der Waals surface area contributed by atoms with Gasteiger partial charge in [-0.2, -0.15) is 4.98 Å². The molecule has 0 spiro atoms. The maximum Gasteiger partial charge on any atom is 0.225 e. The molecule has 0 atom stereocenters. The lowest BCUT2D eigenvalue weighted by atomic mass is 9.91. The van der Waals surface area contributed by atoms with E-state index in [4.69, 9.17) is 4.74 Å². The summed E-state index contributed by atoms with van der Waals surface area (Å²) in [6.45, 7) is 9.16. The molecule has 1 N–H and O–H groups in total. The Balaban J connectivity index is 2.00. The molecule has 20 heavy (non-hydrogen) atoms. The van der Waals surface area contributed by atoms with E-state index >= 15 is 0 Å². The monoisotopic (exact) mass is 291 g/mol. The maximum absolute atomic E-state index is 5.57. The molecule has 0 aliphatic carbocycles. The maximum atomic E-state index is 5.57. The fourth-order valence-corrected chi connectivity index (χ4v) is 2.64. The van der Waals surface area contributed by atoms with Crippen molar-refractivity contribution in [3.8, 4) is 5.88 Å². The second kappa shape index (κ2) is 6.22. The summed E-state index contributed by atoms with van der Waals surface area (Å²) in [6, 6.07) is 6.01. The van der Waals surface area contributed by atoms with Crippen molar-refractivity contribution in [1.82, 2.24) is 9.97 Å². The van der Waals surface area contributed by atoms with Crippen LogP contribution >= 0.6 is 11.3 Å². The highest BCUT2D eigenvalue weighted by Crippen LogP contribution is 2.27. The van der Waals surface area contributed by atoms with Crippen LogP contribution < -0.4 is 10.1 Å². The number of rotatable bonds is 6. The zero-order valence-corrected chi connectivity index (χ0v) is 13.2. The largest absolute Gasteiger partial charge is 0.475 e. The predicted molar refractivity (Wildman–Crippen MR) is 83.6 cm³/mol. The van der Waals surface area contributed by atoms with Gasteiger partial charge in [0.2, 0.25) is 11.8 Å². The van der Waals surface area contributed by atoms with E-state index < -0.39 is 0 Å². The minimum atomic E-state index is 0.0481. The zero-order valence-electron chi connectivity index (χ0n) is 12.4. The number of aromatic nitrogens is 2. The SMILES string of the molecule is CC(C)Oc1ccnc(NCC(C)(C)c2cccs2)n1. The van der Waals surface area contributed by atoms with Crippen molar-refractivity contribution in [3.63, 3.8) is 0 Å². The van der Waals surface area contributed by atoms with Crippen LogP contribution in [0.3, 0.4) is 0 Å². The summed E-state index contributed by atoms with van der Waals surface area (Å²) in [7, 11) is 0. The summed E-state index contributed by atoms with van der Waals surface area (Å²) in [5.74, 6) is 1.21. The predicted octanol–water partition coefficient (Wildman–Crippen LogP) is 3.72. The highest BCUT2D eigenvalue weighted by Gasteiger charge is 2.21. The third kappa shape index (κ3) is 3.93. The standard InChI is InChI=1S/C15H21N3OS/c1-11(2)19-13-7-8-16-14(18-13)17-10-15(3,4)12-6-5-9-20-12/h5-9,11H,10H2,1-4H3,(H,16,17,18). The number of nitrogens with one attached hydrogen (secondary N) is 1. The Hall–Kier alpha value is -1.62. The molecular weight excluding hydrogens is 270 g/mol. The molecule has 2 aromatic rings. The summed E-state index contributed by atoms with van der Waals surface area (Å²) in [6.07, 6.45) is 1.82. The average Bonchev–Trinajstić information content (AvgIpc) is 2.91. The van der Waals surface area contributed by atoms with Crippen LogP contribution in [-0.2, 0) is 5.41 Å². The first kappa shape index (κ1) is 14.8. The molecule has 0 radical (unpaired) electrons. The second-order valence-electron chi connectivity index (χ2n) is 5.60. The summed E-state index contributed by atoms with van der Waals surface area (Å²) >= 11 is 1.77. The van der Waals surface area contributed by atoms with Crippen LogP contribution in [0.2, 0.25) is 0 Å². The van der Waals surface area contributed by atoms with Crippen LogP contribution in [-0.4, -0.2) is 22.6 Å². The number of hydrogen-bond acceptors (Lipinski definition) is 5. The first-order chi connectivity index (χ1) is 9.47. The first-order valence-electron chi connectivity index (χ1n) is 6.75. The lowest BCUT2D eigenvalue weighted by Crippen LogP contribution is -2.27. The second-order valence-corrected chi connectivity index (χ2v) is 6.55. The molecule has 0 bridgehead atoms. The van der Waals surface area contributed by atoms with Crippen molar-refractivity contribution in [2.24, 2.45) is 0 Å². The Morgan fingerprint density at radius 1 is 1.35 bits per heavy atom. The van der Waals surface area contributed by atoms with Gasteiger partial charge in [-0.3, -0.25) is 0 Å². The van der Waals surface area contributed by atoms with E-state index in [1.54, 1.807) is 23.6 Å². The molecule has 5 heteroatoms. The van der Waals surface area contributed by atoms with Gasteiger partial charge < -0.3 is 10.1 Å². The van der Waals surface area contributed by atoms with Gasteiger partial charge in [-0.05, 0) is 25.3 Å². The van der Waals surface area contributed by atoms with Gasteiger partial charge >= 0.3 is 0 Å². The van der Waals surface area contributed by atoms with Crippen molar-refractivity contribution in [3.05, 3.63) is 34.7 Å².